The molecule has 0 radical (unpaired) electrons. The van der Waals surface area contributed by atoms with Gasteiger partial charge < -0.3 is 37.5 Å². The molecule has 7 nitrogen and oxygen atoms in total. The summed E-state index contributed by atoms with van der Waals surface area (Å²) in [5.41, 5.74) is 24.4. The highest BCUT2D eigenvalue weighted by molar-refractivity contribution is 5.65. The van der Waals surface area contributed by atoms with E-state index in [1.54, 1.807) is 36.4 Å². The van der Waals surface area contributed by atoms with E-state index in [0.717, 1.165) is 0 Å². The topological polar surface area (TPSA) is 143 Å². The van der Waals surface area contributed by atoms with E-state index >= 15 is 0 Å². The largest absolute Gasteiger partial charge is 0.491 e. The lowest BCUT2D eigenvalue weighted by molar-refractivity contribution is 0.0627. The summed E-state index contributed by atoms with van der Waals surface area (Å²) in [5.74, 6) is 1.06. The summed E-state index contributed by atoms with van der Waals surface area (Å²) in [6.07, 6.45) is -0.808. The summed E-state index contributed by atoms with van der Waals surface area (Å²) in [5, 5.41) is 9.86. The number of aliphatic hydroxyl groups is 1. The van der Waals surface area contributed by atoms with Gasteiger partial charge in [-0.1, -0.05) is 0 Å². The van der Waals surface area contributed by atoms with E-state index in [0.29, 0.717) is 34.2 Å². The van der Waals surface area contributed by atoms with E-state index in [9.17, 15) is 5.11 Å². The highest BCUT2D eigenvalue weighted by Gasteiger charge is 2.08. The fourth-order valence-corrected chi connectivity index (χ4v) is 1.72. The lowest BCUT2D eigenvalue weighted by Gasteiger charge is -2.14. The number of nitrogen functional groups attached to an aromatic ring is 4. The van der Waals surface area contributed by atoms with Crippen LogP contribution in [0.5, 0.6) is 11.5 Å². The van der Waals surface area contributed by atoms with Crippen LogP contribution in [0.15, 0.2) is 36.4 Å². The molecule has 2 aromatic carbocycles. The maximum absolute atomic E-state index is 9.86. The van der Waals surface area contributed by atoms with Crippen molar-refractivity contribution >= 4 is 22.7 Å². The summed E-state index contributed by atoms with van der Waals surface area (Å²) in [7, 11) is 0. The summed E-state index contributed by atoms with van der Waals surface area (Å²) in [6, 6.07) is 9.85. The predicted octanol–water partition coefficient (Wildman–Crippen LogP) is 0.834. The van der Waals surface area contributed by atoms with E-state index in [4.69, 9.17) is 32.4 Å². The van der Waals surface area contributed by atoms with Gasteiger partial charge in [0.05, 0.1) is 22.7 Å². The fourth-order valence-electron chi connectivity index (χ4n) is 1.72. The lowest BCUT2D eigenvalue weighted by Crippen LogP contribution is -2.25. The first kappa shape index (κ1) is 15.6. The first-order valence-electron chi connectivity index (χ1n) is 6.69. The fraction of sp³-hybridized carbons (Fsp3) is 0.200. The predicted molar refractivity (Wildman–Crippen MR) is 87.5 cm³/mol. The number of rotatable bonds is 6. The average molecular weight is 304 g/mol. The molecule has 0 aliphatic heterocycles. The zero-order valence-electron chi connectivity index (χ0n) is 12.0. The Morgan fingerprint density at radius 1 is 0.727 bits per heavy atom. The van der Waals surface area contributed by atoms with Crippen molar-refractivity contribution in [3.8, 4) is 11.5 Å². The van der Waals surface area contributed by atoms with Gasteiger partial charge in [0.1, 0.15) is 30.8 Å². The first-order chi connectivity index (χ1) is 10.5. The zero-order valence-corrected chi connectivity index (χ0v) is 12.0. The van der Waals surface area contributed by atoms with Crippen molar-refractivity contribution in [2.45, 2.75) is 6.10 Å². The Bertz CT molecular complexity index is 593. The van der Waals surface area contributed by atoms with E-state index < -0.39 is 6.10 Å². The van der Waals surface area contributed by atoms with Crippen LogP contribution in [0.4, 0.5) is 22.7 Å². The van der Waals surface area contributed by atoms with Crippen LogP contribution in [0.25, 0.3) is 0 Å². The smallest absolute Gasteiger partial charge is 0.122 e. The Hall–Kier alpha value is -2.80. The zero-order chi connectivity index (χ0) is 16.1. The van der Waals surface area contributed by atoms with Crippen LogP contribution in [-0.4, -0.2) is 24.4 Å². The third kappa shape index (κ3) is 4.10. The van der Waals surface area contributed by atoms with Gasteiger partial charge >= 0.3 is 0 Å². The summed E-state index contributed by atoms with van der Waals surface area (Å²) in [4.78, 5) is 0. The number of nitrogens with two attached hydrogens (primary N) is 4. The molecule has 7 heteroatoms. The lowest BCUT2D eigenvalue weighted by atomic mass is 10.2. The molecule has 0 saturated heterocycles. The van der Waals surface area contributed by atoms with Gasteiger partial charge in [-0.3, -0.25) is 0 Å². The van der Waals surface area contributed by atoms with Crippen LogP contribution in [0.2, 0.25) is 0 Å². The number of benzene rings is 2. The molecule has 0 aromatic heterocycles. The van der Waals surface area contributed by atoms with Crippen LogP contribution in [0, 0.1) is 0 Å². The van der Waals surface area contributed by atoms with Crippen molar-refractivity contribution in [2.75, 3.05) is 36.1 Å². The molecule has 0 saturated carbocycles. The molecule has 0 bridgehead atoms. The van der Waals surface area contributed by atoms with Gasteiger partial charge in [0.15, 0.2) is 0 Å². The second-order valence-electron chi connectivity index (χ2n) is 4.86. The van der Waals surface area contributed by atoms with Gasteiger partial charge in [-0.05, 0) is 24.3 Å². The van der Waals surface area contributed by atoms with Crippen LogP contribution >= 0.6 is 0 Å². The van der Waals surface area contributed by atoms with Crippen LogP contribution in [0.3, 0.4) is 0 Å². The third-order valence-electron chi connectivity index (χ3n) is 3.00. The monoisotopic (exact) mass is 304 g/mol. The Balaban J connectivity index is 1.81. The SMILES string of the molecule is Nc1ccc(OCC(O)COc2ccc(N)c(N)c2)cc1N. The van der Waals surface area contributed by atoms with E-state index in [1.807, 2.05) is 0 Å². The molecule has 0 aliphatic carbocycles. The van der Waals surface area contributed by atoms with E-state index in [-0.39, 0.29) is 13.2 Å². The Morgan fingerprint density at radius 3 is 1.50 bits per heavy atom. The molecular weight excluding hydrogens is 284 g/mol. The molecule has 0 fully saturated rings. The van der Waals surface area contributed by atoms with Gasteiger partial charge in [0.2, 0.25) is 0 Å². The number of anilines is 4. The molecule has 118 valence electrons. The van der Waals surface area contributed by atoms with Crippen molar-refractivity contribution in [1.29, 1.82) is 0 Å². The molecule has 0 atom stereocenters. The average Bonchev–Trinajstić information content (AvgIpc) is 2.49. The van der Waals surface area contributed by atoms with Crippen molar-refractivity contribution < 1.29 is 14.6 Å². The first-order valence-corrected chi connectivity index (χ1v) is 6.69. The van der Waals surface area contributed by atoms with E-state index in [2.05, 4.69) is 0 Å². The molecule has 0 heterocycles. The molecule has 22 heavy (non-hydrogen) atoms. The van der Waals surface area contributed by atoms with Gasteiger partial charge in [0, 0.05) is 12.1 Å². The van der Waals surface area contributed by atoms with Gasteiger partial charge in [-0.2, -0.15) is 0 Å². The maximum Gasteiger partial charge on any atom is 0.122 e. The number of ether oxygens (including phenoxy) is 2. The maximum atomic E-state index is 9.86. The third-order valence-corrected chi connectivity index (χ3v) is 3.00. The van der Waals surface area contributed by atoms with Crippen LogP contribution in [-0.2, 0) is 0 Å². The van der Waals surface area contributed by atoms with Crippen molar-refractivity contribution in [1.82, 2.24) is 0 Å². The van der Waals surface area contributed by atoms with Crippen molar-refractivity contribution in [3.05, 3.63) is 36.4 Å². The van der Waals surface area contributed by atoms with Crippen LogP contribution < -0.4 is 32.4 Å². The van der Waals surface area contributed by atoms with Gasteiger partial charge in [-0.25, -0.2) is 0 Å². The normalized spacial score (nSPS) is 10.6. The molecular formula is C15H20N4O3. The quantitative estimate of drug-likeness (QED) is 0.497. The number of hydrogen-bond donors (Lipinski definition) is 5. The minimum Gasteiger partial charge on any atom is -0.491 e. The molecule has 0 amide bonds. The minimum atomic E-state index is -0.808. The second-order valence-corrected chi connectivity index (χ2v) is 4.86. The highest BCUT2D eigenvalue weighted by Crippen LogP contribution is 2.22. The molecule has 2 aromatic rings. The molecule has 0 unspecified atom stereocenters. The summed E-state index contributed by atoms with van der Waals surface area (Å²) >= 11 is 0. The number of aliphatic hydroxyl groups excluding tert-OH is 1. The Labute approximate surface area is 128 Å². The van der Waals surface area contributed by atoms with Gasteiger partial charge in [-0.15, -0.1) is 0 Å². The Kier molecular flexibility index (Phi) is 4.80. The van der Waals surface area contributed by atoms with Crippen LogP contribution in [0.1, 0.15) is 0 Å². The van der Waals surface area contributed by atoms with Gasteiger partial charge in [0.25, 0.3) is 0 Å². The minimum absolute atomic E-state index is 0.0633. The standard InChI is InChI=1S/C15H20N4O3/c16-12-3-1-10(5-14(12)18)21-7-9(20)8-22-11-2-4-13(17)15(19)6-11/h1-6,9,20H,7-8,16-19H2. The summed E-state index contributed by atoms with van der Waals surface area (Å²) in [6.45, 7) is 0.127. The molecule has 9 N–H and O–H groups in total. The summed E-state index contributed by atoms with van der Waals surface area (Å²) < 4.78 is 10.8. The molecule has 0 aliphatic rings. The van der Waals surface area contributed by atoms with E-state index in [1.165, 1.54) is 0 Å². The number of hydrogen-bond acceptors (Lipinski definition) is 7. The Morgan fingerprint density at radius 2 is 1.14 bits per heavy atom. The highest BCUT2D eigenvalue weighted by atomic mass is 16.5. The molecule has 0 spiro atoms. The molecule has 2 rings (SSSR count). The van der Waals surface area contributed by atoms with Crippen molar-refractivity contribution in [2.24, 2.45) is 0 Å². The second kappa shape index (κ2) is 6.77. The van der Waals surface area contributed by atoms with Crippen molar-refractivity contribution in [3.63, 3.8) is 0 Å².